The van der Waals surface area contributed by atoms with Crippen LogP contribution in [-0.2, 0) is 4.74 Å². The van der Waals surface area contributed by atoms with Crippen molar-refractivity contribution >= 4 is 46.0 Å². The Morgan fingerprint density at radius 1 is 1.15 bits per heavy atom. The number of aromatic nitrogens is 2. The summed E-state index contributed by atoms with van der Waals surface area (Å²) >= 11 is 2.93. The monoisotopic (exact) mass is 503 g/mol. The maximum Gasteiger partial charge on any atom is 0.410 e. The number of nitrogens with zero attached hydrogens (tertiary/aromatic N) is 5. The fourth-order valence-corrected chi connectivity index (χ4v) is 4.88. The third-order valence-electron chi connectivity index (χ3n) is 4.77. The minimum Gasteiger partial charge on any atom is -0.444 e. The topological polar surface area (TPSA) is 123 Å². The van der Waals surface area contributed by atoms with Crippen LogP contribution in [0.5, 0.6) is 0 Å². The largest absolute Gasteiger partial charge is 0.444 e. The zero-order valence-electron chi connectivity index (χ0n) is 19.5. The Morgan fingerprint density at radius 2 is 1.85 bits per heavy atom. The average Bonchev–Trinajstić information content (AvgIpc) is 3.23. The van der Waals surface area contributed by atoms with Crippen LogP contribution in [0.2, 0.25) is 0 Å². The Kier molecular flexibility index (Phi) is 9.09. The van der Waals surface area contributed by atoms with Crippen LogP contribution >= 0.6 is 23.1 Å². The number of benzene rings is 1. The molecule has 0 aliphatic carbocycles. The standard InChI is InChI=1S/C22H29N7O3S2/c1-22(2,3)32-21(31)29-12-10-28(11-13-29)9-4-14-33-20-27-26-19(34-20)25-18(30)24-17-7-5-16(15-23)6-8-17/h5-8H,4,9-14H2,1-3H3,(H2,24,25,26,30). The lowest BCUT2D eigenvalue weighted by atomic mass is 10.2. The van der Waals surface area contributed by atoms with E-state index in [1.807, 2.05) is 26.8 Å². The maximum absolute atomic E-state index is 12.2. The van der Waals surface area contributed by atoms with E-state index in [0.717, 1.165) is 36.1 Å². The summed E-state index contributed by atoms with van der Waals surface area (Å²) in [7, 11) is 0. The van der Waals surface area contributed by atoms with Crippen molar-refractivity contribution < 1.29 is 14.3 Å². The molecule has 0 atom stereocenters. The van der Waals surface area contributed by atoms with Crippen LogP contribution in [0.3, 0.4) is 0 Å². The molecule has 2 heterocycles. The number of hydrogen-bond donors (Lipinski definition) is 2. The quantitative estimate of drug-likeness (QED) is 0.329. The second-order valence-corrected chi connectivity index (χ2v) is 11.0. The van der Waals surface area contributed by atoms with Crippen LogP contribution in [-0.4, -0.2) is 76.2 Å². The Labute approximate surface area is 207 Å². The van der Waals surface area contributed by atoms with E-state index in [2.05, 4.69) is 25.7 Å². The van der Waals surface area contributed by atoms with Crippen molar-refractivity contribution in [3.8, 4) is 6.07 Å². The first kappa shape index (κ1) is 25.7. The molecule has 10 nitrogen and oxygen atoms in total. The van der Waals surface area contributed by atoms with Gasteiger partial charge in [-0.05, 0) is 58.0 Å². The number of piperazine rings is 1. The van der Waals surface area contributed by atoms with Crippen LogP contribution in [0.1, 0.15) is 32.8 Å². The molecule has 3 amide bonds. The molecule has 34 heavy (non-hydrogen) atoms. The molecule has 1 fully saturated rings. The molecule has 1 saturated heterocycles. The summed E-state index contributed by atoms with van der Waals surface area (Å²) < 4.78 is 6.23. The number of carbonyl (C=O) groups excluding carboxylic acids is 2. The van der Waals surface area contributed by atoms with E-state index < -0.39 is 11.6 Å². The van der Waals surface area contributed by atoms with E-state index >= 15 is 0 Å². The van der Waals surface area contributed by atoms with Gasteiger partial charge in [0.1, 0.15) is 5.60 Å². The molecule has 1 aliphatic rings. The predicted molar refractivity (Wildman–Crippen MR) is 133 cm³/mol. The van der Waals surface area contributed by atoms with Gasteiger partial charge in [0.2, 0.25) is 5.13 Å². The molecule has 0 saturated carbocycles. The summed E-state index contributed by atoms with van der Waals surface area (Å²) in [6.45, 7) is 9.62. The minimum absolute atomic E-state index is 0.242. The van der Waals surface area contributed by atoms with Gasteiger partial charge in [0.25, 0.3) is 0 Å². The Balaban J connectivity index is 1.31. The lowest BCUT2D eigenvalue weighted by Crippen LogP contribution is -2.50. The number of anilines is 2. The number of rotatable bonds is 7. The van der Waals surface area contributed by atoms with Crippen molar-refractivity contribution in [1.29, 1.82) is 5.26 Å². The maximum atomic E-state index is 12.2. The molecule has 0 radical (unpaired) electrons. The highest BCUT2D eigenvalue weighted by Crippen LogP contribution is 2.26. The number of amides is 3. The molecule has 0 unspecified atom stereocenters. The van der Waals surface area contributed by atoms with E-state index in [9.17, 15) is 9.59 Å². The van der Waals surface area contributed by atoms with Crippen LogP contribution in [0, 0.1) is 11.3 Å². The zero-order valence-corrected chi connectivity index (χ0v) is 21.2. The number of urea groups is 1. The molecule has 2 aromatic rings. The fourth-order valence-electron chi connectivity index (χ4n) is 3.13. The van der Waals surface area contributed by atoms with Gasteiger partial charge in [-0.15, -0.1) is 10.2 Å². The highest BCUT2D eigenvalue weighted by molar-refractivity contribution is 8.01. The van der Waals surface area contributed by atoms with E-state index in [0.29, 0.717) is 29.5 Å². The molecule has 1 aromatic carbocycles. The molecule has 0 bridgehead atoms. The molecule has 1 aliphatic heterocycles. The van der Waals surface area contributed by atoms with Crippen molar-refractivity contribution in [1.82, 2.24) is 20.0 Å². The number of thioether (sulfide) groups is 1. The van der Waals surface area contributed by atoms with Crippen LogP contribution in [0.4, 0.5) is 20.4 Å². The van der Waals surface area contributed by atoms with Crippen molar-refractivity contribution in [3.63, 3.8) is 0 Å². The first-order valence-electron chi connectivity index (χ1n) is 11.0. The molecule has 0 spiro atoms. The van der Waals surface area contributed by atoms with Gasteiger partial charge in [0.15, 0.2) is 4.34 Å². The van der Waals surface area contributed by atoms with Gasteiger partial charge >= 0.3 is 12.1 Å². The third-order valence-corrected chi connectivity index (χ3v) is 6.83. The number of nitrogens with one attached hydrogen (secondary N) is 2. The average molecular weight is 504 g/mol. The van der Waals surface area contributed by atoms with Crippen molar-refractivity contribution in [2.45, 2.75) is 37.1 Å². The smallest absolute Gasteiger partial charge is 0.410 e. The Bertz CT molecular complexity index is 1010. The molecular formula is C22H29N7O3S2. The molecular weight excluding hydrogens is 474 g/mol. The highest BCUT2D eigenvalue weighted by atomic mass is 32.2. The third kappa shape index (κ3) is 8.48. The van der Waals surface area contributed by atoms with Crippen molar-refractivity contribution in [2.75, 3.05) is 49.1 Å². The van der Waals surface area contributed by atoms with Gasteiger partial charge in [-0.3, -0.25) is 10.2 Å². The molecule has 1 aromatic heterocycles. The summed E-state index contributed by atoms with van der Waals surface area (Å²) in [5.74, 6) is 0.887. The van der Waals surface area contributed by atoms with Gasteiger partial charge in [-0.25, -0.2) is 9.59 Å². The number of carbonyl (C=O) groups is 2. The molecule has 2 N–H and O–H groups in total. The molecule has 3 rings (SSSR count). The van der Waals surface area contributed by atoms with Crippen molar-refractivity contribution in [3.05, 3.63) is 29.8 Å². The summed E-state index contributed by atoms with van der Waals surface area (Å²) in [4.78, 5) is 28.4. The van der Waals surface area contributed by atoms with Crippen LogP contribution < -0.4 is 10.6 Å². The summed E-state index contributed by atoms with van der Waals surface area (Å²) in [6.07, 6.45) is 0.743. The normalized spacial score (nSPS) is 14.4. The number of nitriles is 1. The summed E-state index contributed by atoms with van der Waals surface area (Å²) in [6, 6.07) is 8.22. The Hall–Kier alpha value is -2.88. The number of ether oxygens (including phenoxy) is 1. The van der Waals surface area contributed by atoms with Crippen molar-refractivity contribution in [2.24, 2.45) is 0 Å². The van der Waals surface area contributed by atoms with Gasteiger partial charge in [0, 0.05) is 37.6 Å². The summed E-state index contributed by atoms with van der Waals surface area (Å²) in [5, 5.41) is 22.8. The second-order valence-electron chi connectivity index (χ2n) is 8.65. The molecule has 182 valence electrons. The van der Waals surface area contributed by atoms with Gasteiger partial charge in [0.05, 0.1) is 11.6 Å². The van der Waals surface area contributed by atoms with Gasteiger partial charge in [-0.1, -0.05) is 23.1 Å². The van der Waals surface area contributed by atoms with E-state index in [1.54, 1.807) is 40.9 Å². The van der Waals surface area contributed by atoms with Gasteiger partial charge in [-0.2, -0.15) is 5.26 Å². The van der Waals surface area contributed by atoms with E-state index in [4.69, 9.17) is 10.00 Å². The van der Waals surface area contributed by atoms with Gasteiger partial charge < -0.3 is 15.0 Å². The first-order chi connectivity index (χ1) is 16.2. The second kappa shape index (κ2) is 12.0. The van der Waals surface area contributed by atoms with Crippen LogP contribution in [0.15, 0.2) is 28.6 Å². The minimum atomic E-state index is -0.472. The molecule has 12 heteroatoms. The Morgan fingerprint density at radius 3 is 2.50 bits per heavy atom. The van der Waals surface area contributed by atoms with E-state index in [-0.39, 0.29) is 6.09 Å². The van der Waals surface area contributed by atoms with E-state index in [1.165, 1.54) is 11.3 Å². The zero-order chi connectivity index (χ0) is 24.6. The lowest BCUT2D eigenvalue weighted by molar-refractivity contribution is 0.0145. The van der Waals surface area contributed by atoms with Crippen LogP contribution in [0.25, 0.3) is 0 Å². The SMILES string of the molecule is CC(C)(C)OC(=O)N1CCN(CCCSc2nnc(NC(=O)Nc3ccc(C#N)cc3)s2)CC1. The fraction of sp³-hybridized carbons (Fsp3) is 0.500. The number of hydrogen-bond acceptors (Lipinski definition) is 9. The first-order valence-corrected chi connectivity index (χ1v) is 12.8. The summed E-state index contributed by atoms with van der Waals surface area (Å²) in [5.41, 5.74) is 0.641. The lowest BCUT2D eigenvalue weighted by Gasteiger charge is -2.35. The predicted octanol–water partition coefficient (Wildman–Crippen LogP) is 4.09. The highest BCUT2D eigenvalue weighted by Gasteiger charge is 2.25.